The number of nitrogens with one attached hydrogen (secondary N) is 1. The Balaban J connectivity index is 1.24. The van der Waals surface area contributed by atoms with Gasteiger partial charge in [-0.1, -0.05) is 40.8 Å². The molecule has 0 bridgehead atoms. The summed E-state index contributed by atoms with van der Waals surface area (Å²) in [7, 11) is 0. The lowest BCUT2D eigenvalue weighted by atomic mass is 10.1. The van der Waals surface area contributed by atoms with Gasteiger partial charge < -0.3 is 19.5 Å². The van der Waals surface area contributed by atoms with Gasteiger partial charge in [0.2, 0.25) is 11.0 Å². The second-order valence-electron chi connectivity index (χ2n) is 7.26. The molecule has 1 aliphatic heterocycles. The molecule has 0 saturated carbocycles. The average Bonchev–Trinajstić information content (AvgIpc) is 3.46. The van der Waals surface area contributed by atoms with Crippen molar-refractivity contribution in [1.29, 1.82) is 0 Å². The number of benzene rings is 1. The molecule has 8 nitrogen and oxygen atoms in total. The monoisotopic (exact) mass is 457 g/mol. The topological polar surface area (TPSA) is 91.6 Å². The molecule has 1 N–H and O–H groups in total. The molecule has 3 aromatic rings. The predicted octanol–water partition coefficient (Wildman–Crippen LogP) is 3.57. The number of hydrogen-bond acceptors (Lipinski definition) is 8. The fraction of sp³-hybridized carbons (Fsp3) is 0.333. The van der Waals surface area contributed by atoms with E-state index in [0.717, 1.165) is 15.6 Å². The van der Waals surface area contributed by atoms with Gasteiger partial charge in [-0.25, -0.2) is 0 Å². The zero-order valence-corrected chi connectivity index (χ0v) is 19.0. The van der Waals surface area contributed by atoms with Crippen LogP contribution in [0.1, 0.15) is 21.7 Å². The Labute approximate surface area is 188 Å². The molecule has 0 atom stereocenters. The molecule has 0 unspecified atom stereocenters. The molecular weight excluding hydrogens is 434 g/mol. The molecule has 162 valence electrons. The standard InChI is InChI=1S/C21H23N5O3S2/c1-14-5-6-16(15(2)12-14)22-20-23-24-21(31-20)30-13-18(27)25-7-9-26(10-8-25)19(28)17-4-3-11-29-17/h3-6,11-12H,7-10,13H2,1-2H3,(H,22,23). The highest BCUT2D eigenvalue weighted by molar-refractivity contribution is 8.01. The minimum Gasteiger partial charge on any atom is -0.459 e. The summed E-state index contributed by atoms with van der Waals surface area (Å²) in [6.07, 6.45) is 1.49. The van der Waals surface area contributed by atoms with E-state index < -0.39 is 0 Å². The molecule has 1 aromatic carbocycles. The number of nitrogens with zero attached hydrogens (tertiary/aromatic N) is 4. The lowest BCUT2D eigenvalue weighted by Crippen LogP contribution is -2.51. The van der Waals surface area contributed by atoms with Gasteiger partial charge in [-0.05, 0) is 37.6 Å². The Kier molecular flexibility index (Phi) is 6.57. The lowest BCUT2D eigenvalue weighted by molar-refractivity contribution is -0.129. The van der Waals surface area contributed by atoms with Crippen molar-refractivity contribution in [2.45, 2.75) is 18.2 Å². The van der Waals surface area contributed by atoms with E-state index in [0.29, 0.717) is 42.8 Å². The van der Waals surface area contributed by atoms with E-state index in [9.17, 15) is 9.59 Å². The third kappa shape index (κ3) is 5.26. The highest BCUT2D eigenvalue weighted by Crippen LogP contribution is 2.29. The van der Waals surface area contributed by atoms with E-state index in [4.69, 9.17) is 4.42 Å². The number of aromatic nitrogens is 2. The fourth-order valence-electron chi connectivity index (χ4n) is 3.32. The van der Waals surface area contributed by atoms with E-state index in [1.54, 1.807) is 21.9 Å². The van der Waals surface area contributed by atoms with Crippen LogP contribution in [-0.4, -0.2) is 63.7 Å². The van der Waals surface area contributed by atoms with E-state index in [1.807, 2.05) is 19.1 Å². The van der Waals surface area contributed by atoms with Crippen LogP contribution in [-0.2, 0) is 4.79 Å². The van der Waals surface area contributed by atoms with E-state index in [2.05, 4.69) is 28.5 Å². The van der Waals surface area contributed by atoms with Crippen molar-refractivity contribution in [3.63, 3.8) is 0 Å². The van der Waals surface area contributed by atoms with Crippen molar-refractivity contribution in [3.05, 3.63) is 53.5 Å². The van der Waals surface area contributed by atoms with Crippen LogP contribution in [0.4, 0.5) is 10.8 Å². The highest BCUT2D eigenvalue weighted by Gasteiger charge is 2.26. The summed E-state index contributed by atoms with van der Waals surface area (Å²) in [4.78, 5) is 28.4. The smallest absolute Gasteiger partial charge is 0.289 e. The number of amides is 2. The van der Waals surface area contributed by atoms with Gasteiger partial charge in [0.1, 0.15) is 0 Å². The van der Waals surface area contributed by atoms with Crippen LogP contribution in [0.3, 0.4) is 0 Å². The molecule has 10 heteroatoms. The molecule has 0 radical (unpaired) electrons. The van der Waals surface area contributed by atoms with Gasteiger partial charge in [0.25, 0.3) is 5.91 Å². The second-order valence-corrected chi connectivity index (χ2v) is 9.46. The first-order chi connectivity index (χ1) is 15.0. The Morgan fingerprint density at radius 3 is 2.61 bits per heavy atom. The van der Waals surface area contributed by atoms with Crippen LogP contribution in [0.15, 0.2) is 45.4 Å². The van der Waals surface area contributed by atoms with Crippen LogP contribution in [0.25, 0.3) is 0 Å². The number of thioether (sulfide) groups is 1. The van der Waals surface area contributed by atoms with Crippen LogP contribution in [0.5, 0.6) is 0 Å². The summed E-state index contributed by atoms with van der Waals surface area (Å²) in [5.74, 6) is 0.528. The average molecular weight is 458 g/mol. The van der Waals surface area contributed by atoms with Crippen LogP contribution >= 0.6 is 23.1 Å². The second kappa shape index (κ2) is 9.52. The normalized spacial score (nSPS) is 14.0. The van der Waals surface area contributed by atoms with Gasteiger partial charge in [0, 0.05) is 31.9 Å². The van der Waals surface area contributed by atoms with E-state index >= 15 is 0 Å². The summed E-state index contributed by atoms with van der Waals surface area (Å²) >= 11 is 2.81. The third-order valence-corrected chi connectivity index (χ3v) is 6.96. The molecule has 0 spiro atoms. The van der Waals surface area contributed by atoms with Crippen molar-refractivity contribution >= 4 is 45.7 Å². The zero-order valence-electron chi connectivity index (χ0n) is 17.3. The van der Waals surface area contributed by atoms with E-state index in [1.165, 1.54) is 34.9 Å². The maximum Gasteiger partial charge on any atom is 0.289 e. The van der Waals surface area contributed by atoms with Crippen LogP contribution in [0.2, 0.25) is 0 Å². The van der Waals surface area contributed by atoms with E-state index in [-0.39, 0.29) is 11.8 Å². The first kappa shape index (κ1) is 21.4. The van der Waals surface area contributed by atoms with Gasteiger partial charge in [0.15, 0.2) is 10.1 Å². The molecule has 3 heterocycles. The van der Waals surface area contributed by atoms with Crippen molar-refractivity contribution in [3.8, 4) is 0 Å². The van der Waals surface area contributed by atoms with Crippen molar-refractivity contribution in [2.24, 2.45) is 0 Å². The molecule has 1 saturated heterocycles. The lowest BCUT2D eigenvalue weighted by Gasteiger charge is -2.34. The van der Waals surface area contributed by atoms with Crippen LogP contribution < -0.4 is 5.32 Å². The summed E-state index contributed by atoms with van der Waals surface area (Å²) in [5, 5.41) is 12.3. The maximum atomic E-state index is 12.6. The molecule has 2 aromatic heterocycles. The zero-order chi connectivity index (χ0) is 21.8. The third-order valence-electron chi connectivity index (χ3n) is 5.00. The number of aryl methyl sites for hydroxylation is 2. The predicted molar refractivity (Wildman–Crippen MR) is 121 cm³/mol. The summed E-state index contributed by atoms with van der Waals surface area (Å²) in [6.45, 7) is 6.14. The number of furan rings is 1. The number of piperazine rings is 1. The Bertz CT molecular complexity index is 1060. The molecular formula is C21H23N5O3S2. The maximum absolute atomic E-state index is 12.6. The Morgan fingerprint density at radius 1 is 1.13 bits per heavy atom. The van der Waals surface area contributed by atoms with Gasteiger partial charge >= 0.3 is 0 Å². The Morgan fingerprint density at radius 2 is 1.90 bits per heavy atom. The molecule has 1 fully saturated rings. The van der Waals surface area contributed by atoms with Gasteiger partial charge in [0.05, 0.1) is 12.0 Å². The van der Waals surface area contributed by atoms with Gasteiger partial charge in [-0.15, -0.1) is 10.2 Å². The minimum atomic E-state index is -0.135. The number of carbonyl (C=O) groups excluding carboxylic acids is 2. The van der Waals surface area contributed by atoms with Crippen molar-refractivity contribution < 1.29 is 14.0 Å². The first-order valence-corrected chi connectivity index (χ1v) is 11.7. The van der Waals surface area contributed by atoms with Crippen LogP contribution in [0, 0.1) is 13.8 Å². The number of carbonyl (C=O) groups is 2. The quantitative estimate of drug-likeness (QED) is 0.566. The summed E-state index contributed by atoms with van der Waals surface area (Å²) < 4.78 is 5.91. The first-order valence-electron chi connectivity index (χ1n) is 9.91. The summed E-state index contributed by atoms with van der Waals surface area (Å²) in [5.41, 5.74) is 3.35. The number of hydrogen-bond donors (Lipinski definition) is 1. The molecule has 0 aliphatic carbocycles. The van der Waals surface area contributed by atoms with Crippen molar-refractivity contribution in [1.82, 2.24) is 20.0 Å². The number of rotatable bonds is 6. The van der Waals surface area contributed by atoms with Gasteiger partial charge in [-0.3, -0.25) is 9.59 Å². The largest absolute Gasteiger partial charge is 0.459 e. The molecule has 31 heavy (non-hydrogen) atoms. The SMILES string of the molecule is Cc1ccc(Nc2nnc(SCC(=O)N3CCN(C(=O)c4ccco4)CC3)s2)c(C)c1. The minimum absolute atomic E-state index is 0.0363. The summed E-state index contributed by atoms with van der Waals surface area (Å²) in [6, 6.07) is 9.54. The highest BCUT2D eigenvalue weighted by atomic mass is 32.2. The number of anilines is 2. The Hall–Kier alpha value is -2.85. The van der Waals surface area contributed by atoms with Crippen molar-refractivity contribution in [2.75, 3.05) is 37.2 Å². The fourth-order valence-corrected chi connectivity index (χ4v) is 4.98. The van der Waals surface area contributed by atoms with Gasteiger partial charge in [-0.2, -0.15) is 0 Å². The molecule has 1 aliphatic rings. The molecule has 2 amide bonds. The molecule has 4 rings (SSSR count).